The molecule has 3 fully saturated rings. The molecule has 184 valence electrons. The molecule has 1 atom stereocenters. The molecule has 2 aromatic rings. The number of fused-ring (bicyclic) bond motifs is 2. The van der Waals surface area contributed by atoms with Crippen LogP contribution in [0.4, 0.5) is 23.2 Å². The Morgan fingerprint density at radius 3 is 2.50 bits per heavy atom. The molecule has 34 heavy (non-hydrogen) atoms. The van der Waals surface area contributed by atoms with Crippen molar-refractivity contribution in [1.82, 2.24) is 14.8 Å². The third-order valence-electron chi connectivity index (χ3n) is 7.22. The zero-order valence-corrected chi connectivity index (χ0v) is 19.4. The summed E-state index contributed by atoms with van der Waals surface area (Å²) in [5.74, 6) is -1.36. The fourth-order valence-electron chi connectivity index (χ4n) is 5.42. The highest BCUT2D eigenvalue weighted by molar-refractivity contribution is 7.91. The third-order valence-corrected chi connectivity index (χ3v) is 8.24. The molecule has 3 aliphatic rings. The number of hydrogen-bond donors (Lipinski definition) is 2. The van der Waals surface area contributed by atoms with E-state index in [1.54, 1.807) is 0 Å². The largest absolute Gasteiger partial charge is 0.420 e. The molecule has 3 aliphatic carbocycles. The maximum absolute atomic E-state index is 14.8. The van der Waals surface area contributed by atoms with Crippen LogP contribution >= 0.6 is 0 Å². The molecular weight excluding hydrogens is 474 g/mol. The van der Waals surface area contributed by atoms with E-state index in [9.17, 15) is 26.6 Å². The van der Waals surface area contributed by atoms with Gasteiger partial charge >= 0.3 is 6.18 Å². The SMILES string of the molecule is CS(=N)(=O)c1cc(NC(=O)c2c(C(F)(F)F)c(C3CC3)nn2CC23CCC(F)(CC2)C3)ccn1. The predicted molar refractivity (Wildman–Crippen MR) is 116 cm³/mol. The molecule has 0 spiro atoms. The monoisotopic (exact) mass is 499 g/mol. The van der Waals surface area contributed by atoms with Crippen molar-refractivity contribution in [3.63, 3.8) is 0 Å². The molecule has 12 heteroatoms. The Kier molecular flexibility index (Phi) is 5.13. The van der Waals surface area contributed by atoms with E-state index < -0.39 is 44.2 Å². The molecule has 2 heterocycles. The van der Waals surface area contributed by atoms with Gasteiger partial charge in [0.25, 0.3) is 5.91 Å². The molecule has 2 N–H and O–H groups in total. The molecule has 7 nitrogen and oxygen atoms in total. The van der Waals surface area contributed by atoms with Crippen LogP contribution in [0.2, 0.25) is 0 Å². The lowest BCUT2D eigenvalue weighted by atomic mass is 9.84. The number of carbonyl (C=O) groups excluding carboxylic acids is 1. The summed E-state index contributed by atoms with van der Waals surface area (Å²) in [5.41, 5.74) is -3.47. The number of carbonyl (C=O) groups is 1. The Labute approximate surface area is 194 Å². The fourth-order valence-corrected chi connectivity index (χ4v) is 6.04. The lowest BCUT2D eigenvalue weighted by Crippen LogP contribution is -2.28. The minimum absolute atomic E-state index is 0.0499. The van der Waals surface area contributed by atoms with Crippen molar-refractivity contribution in [2.24, 2.45) is 5.41 Å². The van der Waals surface area contributed by atoms with Crippen LogP contribution in [-0.4, -0.2) is 36.8 Å². The first-order chi connectivity index (χ1) is 15.8. The standard InChI is InChI=1S/C22H25F4N5O2S/c1-34(27,33)15-10-14(4-9-28-15)29-19(32)18-16(22(24,25)26)17(13-2-3-13)30-31(18)12-20-5-7-21(23,11-20)8-6-20/h4,9-10,13,27H,2-3,5-8,11-12H2,1H3,(H,28,29,32). The Balaban J connectivity index is 1.55. The van der Waals surface area contributed by atoms with E-state index in [1.165, 1.54) is 18.3 Å². The molecule has 3 saturated carbocycles. The van der Waals surface area contributed by atoms with Gasteiger partial charge in [0.1, 0.15) is 22.0 Å². The summed E-state index contributed by atoms with van der Waals surface area (Å²) in [5, 5.41) is 6.63. The molecule has 0 aliphatic heterocycles. The third kappa shape index (κ3) is 4.20. The second kappa shape index (κ2) is 7.50. The van der Waals surface area contributed by atoms with Gasteiger partial charge < -0.3 is 5.32 Å². The van der Waals surface area contributed by atoms with Gasteiger partial charge in [0.2, 0.25) is 0 Å². The van der Waals surface area contributed by atoms with Crippen molar-refractivity contribution < 1.29 is 26.6 Å². The van der Waals surface area contributed by atoms with Crippen LogP contribution in [0.3, 0.4) is 0 Å². The molecular formula is C22H25F4N5O2S. The van der Waals surface area contributed by atoms with Gasteiger partial charge in [-0.15, -0.1) is 0 Å². The van der Waals surface area contributed by atoms with Crippen molar-refractivity contribution >= 4 is 21.3 Å². The number of amides is 1. The van der Waals surface area contributed by atoms with Crippen molar-refractivity contribution in [3.8, 4) is 0 Å². The van der Waals surface area contributed by atoms with Crippen LogP contribution in [0.15, 0.2) is 23.4 Å². The fraction of sp³-hybridized carbons (Fsp3) is 0.591. The minimum atomic E-state index is -4.79. The highest BCUT2D eigenvalue weighted by Crippen LogP contribution is 2.59. The molecule has 5 rings (SSSR count). The van der Waals surface area contributed by atoms with Gasteiger partial charge in [0.15, 0.2) is 0 Å². The van der Waals surface area contributed by atoms with Crippen LogP contribution < -0.4 is 5.32 Å². The number of aromatic nitrogens is 3. The molecule has 1 amide bonds. The number of anilines is 1. The summed E-state index contributed by atoms with van der Waals surface area (Å²) in [6.45, 7) is 0.0499. The number of hydrogen-bond acceptors (Lipinski definition) is 5. The number of rotatable bonds is 6. The van der Waals surface area contributed by atoms with E-state index in [2.05, 4.69) is 15.4 Å². The van der Waals surface area contributed by atoms with Crippen LogP contribution in [0.1, 0.15) is 72.6 Å². The maximum Gasteiger partial charge on any atom is 0.420 e. The maximum atomic E-state index is 14.8. The summed E-state index contributed by atoms with van der Waals surface area (Å²) in [6.07, 6.45) is 0.857. The zero-order chi connectivity index (χ0) is 24.5. The van der Waals surface area contributed by atoms with E-state index in [4.69, 9.17) is 4.78 Å². The summed E-state index contributed by atoms with van der Waals surface area (Å²) in [4.78, 5) is 17.1. The van der Waals surface area contributed by atoms with Gasteiger partial charge in [0.05, 0.1) is 15.4 Å². The van der Waals surface area contributed by atoms with Crippen LogP contribution in [-0.2, 0) is 22.5 Å². The highest BCUT2D eigenvalue weighted by Gasteiger charge is 2.56. The molecule has 0 aromatic carbocycles. The van der Waals surface area contributed by atoms with Gasteiger partial charge in [-0.25, -0.2) is 18.4 Å². The Bertz CT molecular complexity index is 1260. The first kappa shape index (κ1) is 23.3. The van der Waals surface area contributed by atoms with Gasteiger partial charge in [-0.1, -0.05) is 0 Å². The molecule has 0 radical (unpaired) electrons. The van der Waals surface area contributed by atoms with Crippen molar-refractivity contribution in [2.75, 3.05) is 11.6 Å². The normalized spacial score (nSPS) is 28.1. The van der Waals surface area contributed by atoms with Crippen LogP contribution in [0, 0.1) is 10.2 Å². The summed E-state index contributed by atoms with van der Waals surface area (Å²) >= 11 is 0. The number of nitrogens with zero attached hydrogens (tertiary/aromatic N) is 3. The Morgan fingerprint density at radius 1 is 1.29 bits per heavy atom. The lowest BCUT2D eigenvalue weighted by Gasteiger charge is -2.26. The number of alkyl halides is 4. The van der Waals surface area contributed by atoms with Crippen molar-refractivity contribution in [1.29, 1.82) is 4.78 Å². The van der Waals surface area contributed by atoms with Gasteiger partial charge in [-0.3, -0.25) is 9.48 Å². The number of nitrogens with one attached hydrogen (secondary N) is 2. The molecule has 2 bridgehead atoms. The topological polar surface area (TPSA) is 101 Å². The second-order valence-corrected chi connectivity index (χ2v) is 12.2. The van der Waals surface area contributed by atoms with Crippen LogP contribution in [0.5, 0.6) is 0 Å². The lowest BCUT2D eigenvalue weighted by molar-refractivity contribution is -0.138. The van der Waals surface area contributed by atoms with E-state index >= 15 is 0 Å². The molecule has 0 saturated heterocycles. The predicted octanol–water partition coefficient (Wildman–Crippen LogP) is 5.13. The summed E-state index contributed by atoms with van der Waals surface area (Å²) < 4.78 is 78.3. The summed E-state index contributed by atoms with van der Waals surface area (Å²) in [6, 6.07) is 2.57. The summed E-state index contributed by atoms with van der Waals surface area (Å²) in [7, 11) is -3.19. The second-order valence-electron chi connectivity index (χ2n) is 10.0. The first-order valence-electron chi connectivity index (χ1n) is 11.2. The van der Waals surface area contributed by atoms with E-state index in [0.717, 1.165) is 10.9 Å². The van der Waals surface area contributed by atoms with Gasteiger partial charge in [0, 0.05) is 30.6 Å². The average molecular weight is 500 g/mol. The zero-order valence-electron chi connectivity index (χ0n) is 18.5. The van der Waals surface area contributed by atoms with E-state index in [1.807, 2.05) is 0 Å². The molecule has 2 aromatic heterocycles. The van der Waals surface area contributed by atoms with Crippen molar-refractivity contribution in [2.45, 2.75) is 74.3 Å². The average Bonchev–Trinajstić information content (AvgIpc) is 3.32. The quantitative estimate of drug-likeness (QED) is 0.538. The Hall–Kier alpha value is -2.50. The van der Waals surface area contributed by atoms with Gasteiger partial charge in [-0.05, 0) is 62.5 Å². The van der Waals surface area contributed by atoms with E-state index in [0.29, 0.717) is 38.5 Å². The first-order valence-corrected chi connectivity index (χ1v) is 13.1. The Morgan fingerprint density at radius 2 is 1.97 bits per heavy atom. The highest BCUT2D eigenvalue weighted by atomic mass is 32.2. The number of halogens is 4. The molecule has 1 unspecified atom stereocenters. The van der Waals surface area contributed by atoms with Crippen molar-refractivity contribution in [3.05, 3.63) is 35.3 Å². The number of pyridine rings is 1. The minimum Gasteiger partial charge on any atom is -0.320 e. The van der Waals surface area contributed by atoms with Crippen LogP contribution in [0.25, 0.3) is 0 Å². The van der Waals surface area contributed by atoms with E-state index in [-0.39, 0.29) is 35.3 Å². The van der Waals surface area contributed by atoms with Gasteiger partial charge in [-0.2, -0.15) is 18.3 Å². The smallest absolute Gasteiger partial charge is 0.320 e.